The summed E-state index contributed by atoms with van der Waals surface area (Å²) >= 11 is 0. The maximum Gasteiger partial charge on any atom is 0.227 e. The van der Waals surface area contributed by atoms with Crippen LogP contribution in [0.25, 0.3) is 11.1 Å². The fourth-order valence-corrected chi connectivity index (χ4v) is 4.41. The maximum absolute atomic E-state index is 13.5. The van der Waals surface area contributed by atoms with Crippen molar-refractivity contribution in [1.29, 1.82) is 0 Å². The van der Waals surface area contributed by atoms with Crippen molar-refractivity contribution < 1.29 is 4.79 Å². The fourth-order valence-electron chi connectivity index (χ4n) is 4.41. The summed E-state index contributed by atoms with van der Waals surface area (Å²) in [6.45, 7) is 6.26. The Balaban J connectivity index is 1.59. The molecule has 1 aromatic carbocycles. The van der Waals surface area contributed by atoms with Gasteiger partial charge in [0.25, 0.3) is 0 Å². The first-order valence-corrected chi connectivity index (χ1v) is 11.1. The Morgan fingerprint density at radius 3 is 2.58 bits per heavy atom. The Kier molecular flexibility index (Phi) is 7.05. The van der Waals surface area contributed by atoms with E-state index >= 15 is 0 Å². The van der Waals surface area contributed by atoms with Crippen molar-refractivity contribution in [2.45, 2.75) is 26.3 Å². The number of hydrogen-bond donors (Lipinski definition) is 0. The van der Waals surface area contributed by atoms with Gasteiger partial charge in [-0.05, 0) is 47.7 Å². The van der Waals surface area contributed by atoms with Gasteiger partial charge in [-0.1, -0.05) is 37.3 Å². The fraction of sp³-hybridized carbons (Fsp3) is 0.346. The largest absolute Gasteiger partial charge is 0.341 e. The molecule has 1 amide bonds. The molecule has 1 aliphatic rings. The van der Waals surface area contributed by atoms with Crippen LogP contribution in [0, 0.1) is 5.92 Å². The molecule has 1 aliphatic heterocycles. The van der Waals surface area contributed by atoms with E-state index in [4.69, 9.17) is 0 Å². The number of pyridine rings is 2. The lowest BCUT2D eigenvalue weighted by molar-refractivity contribution is -0.134. The summed E-state index contributed by atoms with van der Waals surface area (Å²) < 4.78 is 0. The van der Waals surface area contributed by atoms with E-state index in [0.29, 0.717) is 0 Å². The molecule has 3 aromatic rings. The van der Waals surface area contributed by atoms with Crippen LogP contribution < -0.4 is 0 Å². The van der Waals surface area contributed by atoms with Crippen LogP contribution in [0.4, 0.5) is 0 Å². The normalized spacial score (nSPS) is 17.5. The Labute approximate surface area is 184 Å². The average molecular weight is 415 g/mol. The molecule has 0 N–H and O–H groups in total. The monoisotopic (exact) mass is 414 g/mol. The molecule has 1 atom stereocenters. The molecule has 1 fully saturated rings. The molecule has 0 unspecified atom stereocenters. The summed E-state index contributed by atoms with van der Waals surface area (Å²) in [7, 11) is 0. The predicted octanol–water partition coefficient (Wildman–Crippen LogP) is 4.06. The first-order valence-electron chi connectivity index (χ1n) is 11.1. The first kappa shape index (κ1) is 21.2. The highest BCUT2D eigenvalue weighted by Crippen LogP contribution is 2.27. The number of benzene rings is 1. The van der Waals surface area contributed by atoms with E-state index in [9.17, 15) is 4.79 Å². The van der Waals surface area contributed by atoms with E-state index in [1.807, 2.05) is 24.7 Å². The summed E-state index contributed by atoms with van der Waals surface area (Å²) in [6.07, 6.45) is 9.08. The van der Waals surface area contributed by atoms with Crippen molar-refractivity contribution in [1.82, 2.24) is 19.8 Å². The lowest BCUT2D eigenvalue weighted by Gasteiger charge is -2.24. The molecule has 0 radical (unpaired) electrons. The van der Waals surface area contributed by atoms with Gasteiger partial charge < -0.3 is 4.90 Å². The van der Waals surface area contributed by atoms with E-state index < -0.39 is 0 Å². The smallest absolute Gasteiger partial charge is 0.227 e. The van der Waals surface area contributed by atoms with Gasteiger partial charge in [0.15, 0.2) is 0 Å². The van der Waals surface area contributed by atoms with Crippen LogP contribution in [0.5, 0.6) is 0 Å². The second kappa shape index (κ2) is 10.3. The number of aromatic nitrogens is 2. The molecule has 3 heterocycles. The standard InChI is InChI=1S/C26H30N4O/c1-2-14-30-16-15-29(19-21-9-12-27-13-10-21)20-24(26(30)31)17-22-6-3-4-8-25(22)23-7-5-11-28-18-23/h3-13,18,24H,2,14-17,19-20H2,1H3/t24-/m0/s1. The SMILES string of the molecule is CCCN1CCN(Cc2ccncc2)C[C@H](Cc2ccccc2-c2cccnc2)C1=O. The van der Waals surface area contributed by atoms with E-state index in [1.165, 1.54) is 11.1 Å². The molecular formula is C26H30N4O. The van der Waals surface area contributed by atoms with Crippen LogP contribution in [0.15, 0.2) is 73.3 Å². The highest BCUT2D eigenvalue weighted by atomic mass is 16.2. The molecule has 1 saturated heterocycles. The Morgan fingerprint density at radius 2 is 1.81 bits per heavy atom. The van der Waals surface area contributed by atoms with Gasteiger partial charge in [0.05, 0.1) is 5.92 Å². The van der Waals surface area contributed by atoms with Crippen molar-refractivity contribution in [2.75, 3.05) is 26.2 Å². The molecule has 31 heavy (non-hydrogen) atoms. The van der Waals surface area contributed by atoms with Gasteiger partial charge in [0, 0.05) is 63.1 Å². The lowest BCUT2D eigenvalue weighted by atomic mass is 9.91. The van der Waals surface area contributed by atoms with Crippen molar-refractivity contribution in [3.8, 4) is 11.1 Å². The first-order chi connectivity index (χ1) is 15.2. The number of nitrogens with zero attached hydrogens (tertiary/aromatic N) is 4. The van der Waals surface area contributed by atoms with Gasteiger partial charge in [0.1, 0.15) is 0 Å². The maximum atomic E-state index is 13.5. The summed E-state index contributed by atoms with van der Waals surface area (Å²) in [5.41, 5.74) is 4.70. The Bertz CT molecular complexity index is 977. The van der Waals surface area contributed by atoms with Crippen LogP contribution in [0.3, 0.4) is 0 Å². The highest BCUT2D eigenvalue weighted by molar-refractivity contribution is 5.80. The summed E-state index contributed by atoms with van der Waals surface area (Å²) in [5.74, 6) is 0.216. The molecule has 0 saturated carbocycles. The topological polar surface area (TPSA) is 49.3 Å². The Morgan fingerprint density at radius 1 is 0.968 bits per heavy atom. The van der Waals surface area contributed by atoms with Crippen molar-refractivity contribution >= 4 is 5.91 Å². The minimum Gasteiger partial charge on any atom is -0.341 e. The van der Waals surface area contributed by atoms with E-state index in [0.717, 1.165) is 56.7 Å². The van der Waals surface area contributed by atoms with Crippen LogP contribution >= 0.6 is 0 Å². The van der Waals surface area contributed by atoms with Crippen LogP contribution in [0.2, 0.25) is 0 Å². The van der Waals surface area contributed by atoms with Crippen LogP contribution in [-0.4, -0.2) is 51.9 Å². The summed E-state index contributed by atoms with van der Waals surface area (Å²) in [6, 6.07) is 16.6. The quantitative estimate of drug-likeness (QED) is 0.585. The van der Waals surface area contributed by atoms with Gasteiger partial charge in [-0.3, -0.25) is 19.7 Å². The zero-order valence-electron chi connectivity index (χ0n) is 18.2. The van der Waals surface area contributed by atoms with Gasteiger partial charge in [-0.15, -0.1) is 0 Å². The zero-order chi connectivity index (χ0) is 21.5. The minimum absolute atomic E-state index is 0.0614. The minimum atomic E-state index is -0.0614. The predicted molar refractivity (Wildman–Crippen MR) is 123 cm³/mol. The molecule has 0 aliphatic carbocycles. The molecule has 2 aromatic heterocycles. The zero-order valence-corrected chi connectivity index (χ0v) is 18.2. The molecule has 0 bridgehead atoms. The highest BCUT2D eigenvalue weighted by Gasteiger charge is 2.30. The van der Waals surface area contributed by atoms with E-state index in [2.05, 4.69) is 69.2 Å². The number of amides is 1. The third-order valence-corrected chi connectivity index (χ3v) is 5.93. The molecular weight excluding hydrogens is 384 g/mol. The molecule has 160 valence electrons. The van der Waals surface area contributed by atoms with Crippen molar-refractivity contribution in [3.05, 3.63) is 84.4 Å². The summed E-state index contributed by atoms with van der Waals surface area (Å²) in [5, 5.41) is 0. The van der Waals surface area contributed by atoms with Crippen LogP contribution in [-0.2, 0) is 17.8 Å². The Hall–Kier alpha value is -3.05. The van der Waals surface area contributed by atoms with Gasteiger partial charge in [-0.2, -0.15) is 0 Å². The number of rotatable bonds is 7. The molecule has 0 spiro atoms. The second-order valence-corrected chi connectivity index (χ2v) is 8.22. The molecule has 5 nitrogen and oxygen atoms in total. The van der Waals surface area contributed by atoms with E-state index in [-0.39, 0.29) is 11.8 Å². The number of hydrogen-bond acceptors (Lipinski definition) is 4. The lowest BCUT2D eigenvalue weighted by Crippen LogP contribution is -2.37. The third-order valence-electron chi connectivity index (χ3n) is 5.93. The summed E-state index contributed by atoms with van der Waals surface area (Å²) in [4.78, 5) is 26.4. The number of carbonyl (C=O) groups excluding carboxylic acids is 1. The number of carbonyl (C=O) groups is 1. The van der Waals surface area contributed by atoms with Crippen molar-refractivity contribution in [3.63, 3.8) is 0 Å². The average Bonchev–Trinajstić information content (AvgIpc) is 2.95. The molecule has 4 rings (SSSR count). The van der Waals surface area contributed by atoms with Gasteiger partial charge >= 0.3 is 0 Å². The van der Waals surface area contributed by atoms with Crippen molar-refractivity contribution in [2.24, 2.45) is 5.92 Å². The molecule has 5 heteroatoms. The third kappa shape index (κ3) is 5.36. The van der Waals surface area contributed by atoms with E-state index in [1.54, 1.807) is 6.20 Å². The van der Waals surface area contributed by atoms with Crippen LogP contribution in [0.1, 0.15) is 24.5 Å². The van der Waals surface area contributed by atoms with Gasteiger partial charge in [-0.25, -0.2) is 0 Å². The second-order valence-electron chi connectivity index (χ2n) is 8.22. The van der Waals surface area contributed by atoms with Gasteiger partial charge in [0.2, 0.25) is 5.91 Å².